The Morgan fingerprint density at radius 3 is 2.84 bits per heavy atom. The predicted molar refractivity (Wildman–Crippen MR) is 91.4 cm³/mol. The molecule has 8 nitrogen and oxygen atoms in total. The van der Waals surface area contributed by atoms with Crippen molar-refractivity contribution >= 4 is 17.6 Å². The second kappa shape index (κ2) is 7.03. The second-order valence-electron chi connectivity index (χ2n) is 7.05. The molecular formula is C17H25N5O3. The molecule has 1 atom stereocenters. The maximum absolute atomic E-state index is 12.4. The van der Waals surface area contributed by atoms with E-state index in [2.05, 4.69) is 10.4 Å². The first-order valence-electron chi connectivity index (χ1n) is 9.18. The molecule has 3 amide bonds. The van der Waals surface area contributed by atoms with Crippen molar-refractivity contribution in [2.75, 3.05) is 37.7 Å². The molecule has 1 unspecified atom stereocenters. The number of aromatic nitrogens is 2. The summed E-state index contributed by atoms with van der Waals surface area (Å²) in [6.07, 6.45) is 7.88. The minimum absolute atomic E-state index is 0.0106. The minimum Gasteiger partial charge on any atom is -0.381 e. The van der Waals surface area contributed by atoms with E-state index in [1.165, 1.54) is 0 Å². The van der Waals surface area contributed by atoms with Gasteiger partial charge in [-0.2, -0.15) is 5.10 Å². The van der Waals surface area contributed by atoms with Gasteiger partial charge in [0, 0.05) is 51.5 Å². The molecule has 1 aromatic heterocycles. The molecule has 3 saturated heterocycles. The molecule has 25 heavy (non-hydrogen) atoms. The monoisotopic (exact) mass is 347 g/mol. The van der Waals surface area contributed by atoms with Gasteiger partial charge in [0.05, 0.1) is 17.9 Å². The van der Waals surface area contributed by atoms with E-state index in [1.54, 1.807) is 11.1 Å². The SMILES string of the molecule is O=C(NC1CCOCC1)N1CCC(n2cc(N3CCCC3=O)cn2)C1. The summed E-state index contributed by atoms with van der Waals surface area (Å²) in [6.45, 7) is 3.61. The Balaban J connectivity index is 1.33. The normalized spacial score (nSPS) is 25.0. The molecule has 4 rings (SSSR count). The summed E-state index contributed by atoms with van der Waals surface area (Å²) in [5.74, 6) is 0.170. The Hall–Kier alpha value is -2.09. The minimum atomic E-state index is 0.0106. The van der Waals surface area contributed by atoms with Gasteiger partial charge >= 0.3 is 6.03 Å². The number of amides is 3. The van der Waals surface area contributed by atoms with Crippen LogP contribution in [0.4, 0.5) is 10.5 Å². The molecule has 1 N–H and O–H groups in total. The lowest BCUT2D eigenvalue weighted by atomic mass is 10.1. The number of rotatable bonds is 3. The number of urea groups is 1. The van der Waals surface area contributed by atoms with Crippen molar-refractivity contribution in [3.63, 3.8) is 0 Å². The molecule has 0 saturated carbocycles. The highest BCUT2D eigenvalue weighted by atomic mass is 16.5. The first-order chi connectivity index (χ1) is 12.2. The second-order valence-corrected chi connectivity index (χ2v) is 7.05. The van der Waals surface area contributed by atoms with E-state index in [9.17, 15) is 9.59 Å². The van der Waals surface area contributed by atoms with Crippen LogP contribution in [-0.2, 0) is 9.53 Å². The summed E-state index contributed by atoms with van der Waals surface area (Å²) in [6, 6.07) is 0.404. The summed E-state index contributed by atoms with van der Waals surface area (Å²) in [5, 5.41) is 7.55. The summed E-state index contributed by atoms with van der Waals surface area (Å²) < 4.78 is 7.23. The zero-order valence-corrected chi connectivity index (χ0v) is 14.4. The van der Waals surface area contributed by atoms with Crippen molar-refractivity contribution in [3.05, 3.63) is 12.4 Å². The van der Waals surface area contributed by atoms with E-state index >= 15 is 0 Å². The highest BCUT2D eigenvalue weighted by molar-refractivity contribution is 5.95. The van der Waals surface area contributed by atoms with Crippen LogP contribution in [0.15, 0.2) is 12.4 Å². The molecule has 0 aliphatic carbocycles. The van der Waals surface area contributed by atoms with E-state index < -0.39 is 0 Å². The number of carbonyl (C=O) groups excluding carboxylic acids is 2. The molecule has 0 spiro atoms. The molecule has 1 aromatic rings. The first kappa shape index (κ1) is 16.4. The number of hydrogen-bond donors (Lipinski definition) is 1. The van der Waals surface area contributed by atoms with Gasteiger partial charge in [-0.3, -0.25) is 9.48 Å². The van der Waals surface area contributed by atoms with E-state index in [1.807, 2.05) is 15.8 Å². The Morgan fingerprint density at radius 2 is 2.08 bits per heavy atom. The van der Waals surface area contributed by atoms with Crippen LogP contribution >= 0.6 is 0 Å². The van der Waals surface area contributed by atoms with Crippen LogP contribution < -0.4 is 10.2 Å². The number of likely N-dealkylation sites (tertiary alicyclic amines) is 1. The maximum atomic E-state index is 12.4. The third-order valence-electron chi connectivity index (χ3n) is 5.35. The Labute approximate surface area is 147 Å². The summed E-state index contributed by atoms with van der Waals surface area (Å²) in [5.41, 5.74) is 0.868. The lowest BCUT2D eigenvalue weighted by Gasteiger charge is -2.26. The molecule has 3 aliphatic heterocycles. The Bertz CT molecular complexity index is 640. The number of ether oxygens (including phenoxy) is 1. The average Bonchev–Trinajstić information content (AvgIpc) is 3.35. The van der Waals surface area contributed by atoms with Crippen molar-refractivity contribution in [2.45, 2.75) is 44.2 Å². The number of hydrogen-bond acceptors (Lipinski definition) is 4. The van der Waals surface area contributed by atoms with Crippen LogP contribution in [0.2, 0.25) is 0 Å². The van der Waals surface area contributed by atoms with Crippen LogP contribution in [0.3, 0.4) is 0 Å². The van der Waals surface area contributed by atoms with Crippen molar-refractivity contribution < 1.29 is 14.3 Å². The highest BCUT2D eigenvalue weighted by Crippen LogP contribution is 2.26. The van der Waals surface area contributed by atoms with Gasteiger partial charge in [-0.05, 0) is 25.7 Å². The van der Waals surface area contributed by atoms with Gasteiger partial charge in [-0.1, -0.05) is 0 Å². The number of nitrogens with zero attached hydrogens (tertiary/aromatic N) is 4. The third kappa shape index (κ3) is 3.49. The van der Waals surface area contributed by atoms with E-state index in [4.69, 9.17) is 4.74 Å². The lowest BCUT2D eigenvalue weighted by molar-refractivity contribution is -0.117. The molecule has 8 heteroatoms. The van der Waals surface area contributed by atoms with Gasteiger partial charge in [-0.25, -0.2) is 4.79 Å². The number of carbonyl (C=O) groups is 2. The van der Waals surface area contributed by atoms with Gasteiger partial charge in [0.25, 0.3) is 0 Å². The van der Waals surface area contributed by atoms with Crippen LogP contribution in [0.25, 0.3) is 0 Å². The van der Waals surface area contributed by atoms with E-state index in [0.717, 1.165) is 57.7 Å². The predicted octanol–water partition coefficient (Wildman–Crippen LogP) is 1.15. The van der Waals surface area contributed by atoms with Crippen LogP contribution in [0.1, 0.15) is 38.1 Å². The lowest BCUT2D eigenvalue weighted by Crippen LogP contribution is -2.45. The topological polar surface area (TPSA) is 79.7 Å². The van der Waals surface area contributed by atoms with Gasteiger partial charge in [-0.15, -0.1) is 0 Å². The molecule has 0 aromatic carbocycles. The van der Waals surface area contributed by atoms with Gasteiger partial charge in [0.2, 0.25) is 5.91 Å². The van der Waals surface area contributed by atoms with Crippen molar-refractivity contribution in [1.82, 2.24) is 20.0 Å². The Kier molecular flexibility index (Phi) is 4.61. The van der Waals surface area contributed by atoms with Crippen molar-refractivity contribution in [2.24, 2.45) is 0 Å². The summed E-state index contributed by atoms with van der Waals surface area (Å²) in [4.78, 5) is 28.0. The fraction of sp³-hybridized carbons (Fsp3) is 0.706. The number of anilines is 1. The standard InChI is InChI=1S/C17H25N5O3/c23-16-2-1-6-21(16)15-10-18-22(12-15)14-3-7-20(11-14)17(24)19-13-4-8-25-9-5-13/h10,12-14H,1-9,11H2,(H,19,24). The summed E-state index contributed by atoms with van der Waals surface area (Å²) >= 11 is 0. The first-order valence-corrected chi connectivity index (χ1v) is 9.18. The van der Waals surface area contributed by atoms with Crippen LogP contribution in [0, 0.1) is 0 Å². The zero-order valence-electron chi connectivity index (χ0n) is 14.4. The fourth-order valence-corrected chi connectivity index (χ4v) is 3.84. The van der Waals surface area contributed by atoms with Crippen LogP contribution in [0.5, 0.6) is 0 Å². The average molecular weight is 347 g/mol. The summed E-state index contributed by atoms with van der Waals surface area (Å²) in [7, 11) is 0. The molecule has 136 valence electrons. The van der Waals surface area contributed by atoms with Crippen molar-refractivity contribution in [1.29, 1.82) is 0 Å². The molecular weight excluding hydrogens is 322 g/mol. The van der Waals surface area contributed by atoms with Gasteiger partial charge in [0.1, 0.15) is 0 Å². The molecule has 3 aliphatic rings. The Morgan fingerprint density at radius 1 is 1.24 bits per heavy atom. The smallest absolute Gasteiger partial charge is 0.317 e. The highest BCUT2D eigenvalue weighted by Gasteiger charge is 2.30. The molecule has 0 bridgehead atoms. The van der Waals surface area contributed by atoms with Gasteiger partial charge < -0.3 is 19.9 Å². The van der Waals surface area contributed by atoms with Gasteiger partial charge in [0.15, 0.2) is 0 Å². The zero-order chi connectivity index (χ0) is 17.2. The van der Waals surface area contributed by atoms with E-state index in [-0.39, 0.29) is 24.0 Å². The molecule has 0 radical (unpaired) electrons. The van der Waals surface area contributed by atoms with Crippen LogP contribution in [-0.4, -0.2) is 65.5 Å². The number of nitrogens with one attached hydrogen (secondary N) is 1. The molecule has 3 fully saturated rings. The van der Waals surface area contributed by atoms with Crippen molar-refractivity contribution in [3.8, 4) is 0 Å². The largest absolute Gasteiger partial charge is 0.381 e. The fourth-order valence-electron chi connectivity index (χ4n) is 3.84. The maximum Gasteiger partial charge on any atom is 0.317 e. The third-order valence-corrected chi connectivity index (χ3v) is 5.35. The quantitative estimate of drug-likeness (QED) is 0.889. The molecule has 4 heterocycles. The van der Waals surface area contributed by atoms with E-state index in [0.29, 0.717) is 13.0 Å².